The molecule has 0 aliphatic heterocycles. The third kappa shape index (κ3) is 6.88. The molecule has 0 unspecified atom stereocenters. The summed E-state index contributed by atoms with van der Waals surface area (Å²) >= 11 is 11.7. The standard InChI is InChI=1S/C18H17Cl2N3O4/c1-11(18(26)23-17-14(20)8-13(19)9-22-17)27-16(25)10-21-15(24)7-12-5-3-2-4-6-12/h2-6,8-9,11H,7,10H2,1H3,(H,21,24)(H,22,23,26)/t11-/m1/s1. The largest absolute Gasteiger partial charge is 0.451 e. The van der Waals surface area contributed by atoms with Gasteiger partial charge in [0.05, 0.1) is 16.5 Å². The van der Waals surface area contributed by atoms with Crippen molar-refractivity contribution in [2.75, 3.05) is 11.9 Å². The van der Waals surface area contributed by atoms with Gasteiger partial charge in [-0.15, -0.1) is 0 Å². The van der Waals surface area contributed by atoms with Crippen LogP contribution in [0.2, 0.25) is 10.0 Å². The minimum atomic E-state index is -1.10. The summed E-state index contributed by atoms with van der Waals surface area (Å²) in [6, 6.07) is 10.5. The zero-order valence-electron chi connectivity index (χ0n) is 14.4. The molecule has 1 heterocycles. The van der Waals surface area contributed by atoms with Crippen LogP contribution >= 0.6 is 23.2 Å². The zero-order chi connectivity index (χ0) is 19.8. The van der Waals surface area contributed by atoms with Crippen LogP contribution < -0.4 is 10.6 Å². The number of carbonyl (C=O) groups excluding carboxylic acids is 3. The molecule has 2 rings (SSSR count). The molecule has 0 saturated heterocycles. The van der Waals surface area contributed by atoms with E-state index in [0.29, 0.717) is 5.02 Å². The van der Waals surface area contributed by atoms with E-state index < -0.39 is 18.0 Å². The summed E-state index contributed by atoms with van der Waals surface area (Å²) in [7, 11) is 0. The molecule has 2 aromatic rings. The molecule has 27 heavy (non-hydrogen) atoms. The molecule has 1 atom stereocenters. The second-order valence-corrected chi connectivity index (χ2v) is 6.39. The number of benzene rings is 1. The predicted octanol–water partition coefficient (Wildman–Crippen LogP) is 2.62. The Labute approximate surface area is 166 Å². The molecule has 142 valence electrons. The first-order valence-electron chi connectivity index (χ1n) is 7.97. The van der Waals surface area contributed by atoms with Crippen molar-refractivity contribution in [3.05, 3.63) is 58.2 Å². The molecule has 2 amide bonds. The molecule has 0 aliphatic rings. The Bertz CT molecular complexity index is 831. The van der Waals surface area contributed by atoms with Crippen LogP contribution in [0, 0.1) is 0 Å². The summed E-state index contributed by atoms with van der Waals surface area (Å²) in [6.45, 7) is 1.05. The van der Waals surface area contributed by atoms with Crippen LogP contribution in [0.4, 0.5) is 5.82 Å². The Hall–Kier alpha value is -2.64. The average molecular weight is 410 g/mol. The van der Waals surface area contributed by atoms with Crippen LogP contribution in [0.25, 0.3) is 0 Å². The van der Waals surface area contributed by atoms with E-state index in [0.717, 1.165) is 5.56 Å². The Balaban J connectivity index is 1.77. The molecule has 0 spiro atoms. The van der Waals surface area contributed by atoms with Crippen molar-refractivity contribution >= 4 is 46.8 Å². The summed E-state index contributed by atoms with van der Waals surface area (Å²) in [4.78, 5) is 39.6. The van der Waals surface area contributed by atoms with E-state index in [-0.39, 0.29) is 29.7 Å². The van der Waals surface area contributed by atoms with Crippen LogP contribution in [0.5, 0.6) is 0 Å². The molecular weight excluding hydrogens is 393 g/mol. The number of ether oxygens (including phenoxy) is 1. The predicted molar refractivity (Wildman–Crippen MR) is 102 cm³/mol. The van der Waals surface area contributed by atoms with Crippen molar-refractivity contribution in [3.63, 3.8) is 0 Å². The number of pyridine rings is 1. The lowest BCUT2D eigenvalue weighted by Crippen LogP contribution is -2.36. The van der Waals surface area contributed by atoms with Crippen LogP contribution in [-0.4, -0.2) is 35.4 Å². The topological polar surface area (TPSA) is 97.4 Å². The summed E-state index contributed by atoms with van der Waals surface area (Å²) in [6.07, 6.45) is 0.365. The maximum absolute atomic E-state index is 12.1. The summed E-state index contributed by atoms with van der Waals surface area (Å²) in [5.41, 5.74) is 0.823. The van der Waals surface area contributed by atoms with Gasteiger partial charge in [0.1, 0.15) is 6.54 Å². The fraction of sp³-hybridized carbons (Fsp3) is 0.222. The number of nitrogens with one attached hydrogen (secondary N) is 2. The summed E-state index contributed by atoms with van der Waals surface area (Å²) in [5.74, 6) is -1.58. The van der Waals surface area contributed by atoms with Crippen molar-refractivity contribution < 1.29 is 19.1 Å². The van der Waals surface area contributed by atoms with Crippen LogP contribution in [0.1, 0.15) is 12.5 Å². The molecule has 0 saturated carbocycles. The first-order valence-corrected chi connectivity index (χ1v) is 8.72. The quantitative estimate of drug-likeness (QED) is 0.684. The molecule has 1 aromatic heterocycles. The molecule has 2 N–H and O–H groups in total. The highest BCUT2D eigenvalue weighted by atomic mass is 35.5. The number of amides is 2. The van der Waals surface area contributed by atoms with Gasteiger partial charge in [-0.25, -0.2) is 4.98 Å². The number of rotatable bonds is 7. The molecule has 1 aromatic carbocycles. The van der Waals surface area contributed by atoms with E-state index in [4.69, 9.17) is 27.9 Å². The molecule has 0 bridgehead atoms. The third-order valence-corrected chi connectivity index (χ3v) is 3.86. The number of aromatic nitrogens is 1. The SMILES string of the molecule is C[C@@H](OC(=O)CNC(=O)Cc1ccccc1)C(=O)Nc1ncc(Cl)cc1Cl. The van der Waals surface area contributed by atoms with Crippen LogP contribution in [0.3, 0.4) is 0 Å². The Morgan fingerprint density at radius 1 is 1.19 bits per heavy atom. The van der Waals surface area contributed by atoms with Gasteiger partial charge in [0.15, 0.2) is 11.9 Å². The van der Waals surface area contributed by atoms with Crippen molar-refractivity contribution in [1.29, 1.82) is 0 Å². The lowest BCUT2D eigenvalue weighted by atomic mass is 10.1. The van der Waals surface area contributed by atoms with Crippen molar-refractivity contribution in [2.45, 2.75) is 19.4 Å². The van der Waals surface area contributed by atoms with Gasteiger partial charge in [0.25, 0.3) is 5.91 Å². The zero-order valence-corrected chi connectivity index (χ0v) is 15.9. The normalized spacial score (nSPS) is 11.4. The van der Waals surface area contributed by atoms with Gasteiger partial charge in [-0.2, -0.15) is 0 Å². The van der Waals surface area contributed by atoms with E-state index >= 15 is 0 Å². The Morgan fingerprint density at radius 3 is 2.56 bits per heavy atom. The van der Waals surface area contributed by atoms with E-state index in [2.05, 4.69) is 15.6 Å². The number of anilines is 1. The molecule has 0 fully saturated rings. The van der Waals surface area contributed by atoms with Gasteiger partial charge < -0.3 is 15.4 Å². The van der Waals surface area contributed by atoms with Crippen LogP contribution in [0.15, 0.2) is 42.6 Å². The summed E-state index contributed by atoms with van der Waals surface area (Å²) < 4.78 is 4.99. The van der Waals surface area contributed by atoms with Crippen molar-refractivity contribution in [2.24, 2.45) is 0 Å². The highest BCUT2D eigenvalue weighted by Gasteiger charge is 2.19. The maximum atomic E-state index is 12.1. The van der Waals surface area contributed by atoms with Gasteiger partial charge >= 0.3 is 5.97 Å². The first kappa shape index (κ1) is 20.7. The Kier molecular flexibility index (Phi) is 7.57. The smallest absolute Gasteiger partial charge is 0.326 e. The molecule has 7 nitrogen and oxygen atoms in total. The van der Waals surface area contributed by atoms with Gasteiger partial charge in [-0.05, 0) is 18.6 Å². The lowest BCUT2D eigenvalue weighted by molar-refractivity contribution is -0.152. The molecule has 0 aliphatic carbocycles. The van der Waals surface area contributed by atoms with E-state index in [9.17, 15) is 14.4 Å². The van der Waals surface area contributed by atoms with E-state index in [1.165, 1.54) is 19.2 Å². The van der Waals surface area contributed by atoms with Gasteiger partial charge in [0, 0.05) is 6.20 Å². The number of nitrogens with zero attached hydrogens (tertiary/aromatic N) is 1. The number of hydrogen-bond acceptors (Lipinski definition) is 5. The first-order chi connectivity index (χ1) is 12.8. The van der Waals surface area contributed by atoms with E-state index in [1.54, 1.807) is 12.1 Å². The number of hydrogen-bond donors (Lipinski definition) is 2. The molecular formula is C18H17Cl2N3O4. The molecule has 9 heteroatoms. The van der Waals surface area contributed by atoms with Crippen molar-refractivity contribution in [1.82, 2.24) is 10.3 Å². The monoisotopic (exact) mass is 409 g/mol. The number of esters is 1. The minimum Gasteiger partial charge on any atom is -0.451 e. The maximum Gasteiger partial charge on any atom is 0.326 e. The fourth-order valence-corrected chi connectivity index (χ4v) is 2.46. The second-order valence-electron chi connectivity index (χ2n) is 5.54. The Morgan fingerprint density at radius 2 is 1.89 bits per heavy atom. The molecule has 0 radical (unpaired) electrons. The van der Waals surface area contributed by atoms with E-state index in [1.807, 2.05) is 18.2 Å². The average Bonchev–Trinajstić information content (AvgIpc) is 2.63. The van der Waals surface area contributed by atoms with Gasteiger partial charge in [-0.1, -0.05) is 53.5 Å². The lowest BCUT2D eigenvalue weighted by Gasteiger charge is -2.14. The third-order valence-electron chi connectivity index (χ3n) is 3.36. The minimum absolute atomic E-state index is 0.102. The second kappa shape index (κ2) is 9.89. The van der Waals surface area contributed by atoms with Gasteiger partial charge in [-0.3, -0.25) is 14.4 Å². The highest BCUT2D eigenvalue weighted by molar-refractivity contribution is 6.36. The number of carbonyl (C=O) groups is 3. The van der Waals surface area contributed by atoms with Crippen molar-refractivity contribution in [3.8, 4) is 0 Å². The van der Waals surface area contributed by atoms with Gasteiger partial charge in [0.2, 0.25) is 5.91 Å². The summed E-state index contributed by atoms with van der Waals surface area (Å²) in [5, 5.41) is 5.36. The highest BCUT2D eigenvalue weighted by Crippen LogP contribution is 2.22. The number of halogens is 2. The fourth-order valence-electron chi connectivity index (χ4n) is 2.03. The van der Waals surface area contributed by atoms with Crippen LogP contribution in [-0.2, 0) is 25.5 Å².